The third-order valence-electron chi connectivity index (χ3n) is 2.48. The largest absolute Gasteiger partial charge is 0.333 e. The number of nitro groups is 1. The number of unbranched alkanes of at least 4 members (excludes halogenated alkanes) is 2. The number of hydrogen-bond donors (Lipinski definition) is 1. The highest BCUT2D eigenvalue weighted by atomic mass is 16.7. The van der Waals surface area contributed by atoms with E-state index >= 15 is 0 Å². The van der Waals surface area contributed by atoms with Crippen LogP contribution in [0.5, 0.6) is 0 Å². The molecule has 0 spiro atoms. The van der Waals surface area contributed by atoms with Gasteiger partial charge in [-0.15, -0.1) is 0 Å². The minimum Gasteiger partial charge on any atom is -0.333 e. The fourth-order valence-corrected chi connectivity index (χ4v) is 1.64. The molecule has 0 fully saturated rings. The maximum atomic E-state index is 10.4. The van der Waals surface area contributed by atoms with E-state index in [0.717, 1.165) is 38.5 Å². The summed E-state index contributed by atoms with van der Waals surface area (Å²) in [6, 6.07) is 0. The molecular weight excluding hydrogens is 182 g/mol. The van der Waals surface area contributed by atoms with Gasteiger partial charge >= 0.3 is 6.23 Å². The van der Waals surface area contributed by atoms with Crippen molar-refractivity contribution in [2.24, 2.45) is 5.92 Å². The van der Waals surface area contributed by atoms with Crippen LogP contribution in [0.1, 0.15) is 52.4 Å². The summed E-state index contributed by atoms with van der Waals surface area (Å²) in [5.74, 6) is -0.165. The lowest BCUT2D eigenvalue weighted by atomic mass is 9.95. The summed E-state index contributed by atoms with van der Waals surface area (Å²) in [4.78, 5) is 9.83. The molecular formula is C10H21NO3. The first-order valence-electron chi connectivity index (χ1n) is 5.45. The maximum Gasteiger partial charge on any atom is 0.315 e. The maximum absolute atomic E-state index is 10.4. The van der Waals surface area contributed by atoms with Gasteiger partial charge in [0.05, 0.1) is 10.8 Å². The molecule has 84 valence electrons. The van der Waals surface area contributed by atoms with E-state index < -0.39 is 11.2 Å². The Labute approximate surface area is 85.5 Å². The Morgan fingerprint density at radius 3 is 2.29 bits per heavy atom. The van der Waals surface area contributed by atoms with Crippen LogP contribution in [0.25, 0.3) is 0 Å². The van der Waals surface area contributed by atoms with E-state index in [2.05, 4.69) is 6.92 Å². The molecule has 14 heavy (non-hydrogen) atoms. The molecule has 0 bridgehead atoms. The molecule has 0 aliphatic heterocycles. The molecule has 0 rings (SSSR count). The van der Waals surface area contributed by atoms with Gasteiger partial charge in [0.2, 0.25) is 0 Å². The monoisotopic (exact) mass is 203 g/mol. The van der Waals surface area contributed by atoms with Gasteiger partial charge in [0, 0.05) is 0 Å². The second kappa shape index (κ2) is 7.74. The minimum atomic E-state index is -1.37. The van der Waals surface area contributed by atoms with Crippen molar-refractivity contribution in [1.29, 1.82) is 0 Å². The van der Waals surface area contributed by atoms with Crippen LogP contribution in [0.4, 0.5) is 0 Å². The molecule has 4 nitrogen and oxygen atoms in total. The Bertz CT molecular complexity index is 161. The van der Waals surface area contributed by atoms with Crippen LogP contribution in [0.3, 0.4) is 0 Å². The van der Waals surface area contributed by atoms with Crippen LogP contribution >= 0.6 is 0 Å². The number of nitrogens with zero attached hydrogens (tertiary/aromatic N) is 1. The Balaban J connectivity index is 3.93. The van der Waals surface area contributed by atoms with Gasteiger partial charge in [-0.1, -0.05) is 39.5 Å². The lowest BCUT2D eigenvalue weighted by molar-refractivity contribution is -0.581. The molecule has 1 N–H and O–H groups in total. The van der Waals surface area contributed by atoms with E-state index in [0.29, 0.717) is 0 Å². The summed E-state index contributed by atoms with van der Waals surface area (Å²) in [5.41, 5.74) is 0. The molecule has 4 heteroatoms. The molecule has 0 aromatic heterocycles. The van der Waals surface area contributed by atoms with Crippen molar-refractivity contribution in [2.45, 2.75) is 58.6 Å². The fraction of sp³-hybridized carbons (Fsp3) is 1.00. The van der Waals surface area contributed by atoms with Crippen LogP contribution in [0.2, 0.25) is 0 Å². The second-order valence-electron chi connectivity index (χ2n) is 3.74. The van der Waals surface area contributed by atoms with E-state index in [9.17, 15) is 15.2 Å². The van der Waals surface area contributed by atoms with Crippen molar-refractivity contribution in [3.05, 3.63) is 10.1 Å². The molecule has 0 saturated carbocycles. The van der Waals surface area contributed by atoms with Crippen molar-refractivity contribution in [3.8, 4) is 0 Å². The van der Waals surface area contributed by atoms with Gasteiger partial charge in [0.15, 0.2) is 0 Å². The third-order valence-corrected chi connectivity index (χ3v) is 2.48. The van der Waals surface area contributed by atoms with Gasteiger partial charge in [0.25, 0.3) is 0 Å². The van der Waals surface area contributed by atoms with Gasteiger partial charge in [-0.25, -0.2) is 0 Å². The molecule has 0 saturated heterocycles. The van der Waals surface area contributed by atoms with Crippen molar-refractivity contribution < 1.29 is 10.0 Å². The first-order chi connectivity index (χ1) is 6.63. The number of rotatable bonds is 8. The quantitative estimate of drug-likeness (QED) is 0.285. The molecule has 2 unspecified atom stereocenters. The zero-order chi connectivity index (χ0) is 11.0. The van der Waals surface area contributed by atoms with E-state index in [-0.39, 0.29) is 5.92 Å². The van der Waals surface area contributed by atoms with Gasteiger partial charge in [-0.2, -0.15) is 0 Å². The average molecular weight is 203 g/mol. The Morgan fingerprint density at radius 1 is 1.21 bits per heavy atom. The molecule has 2 atom stereocenters. The molecule has 0 aliphatic carbocycles. The predicted molar refractivity (Wildman–Crippen MR) is 55.5 cm³/mol. The Kier molecular flexibility index (Phi) is 7.38. The molecule has 0 aromatic rings. The van der Waals surface area contributed by atoms with E-state index in [1.165, 1.54) is 0 Å². The highest BCUT2D eigenvalue weighted by molar-refractivity contribution is 4.61. The topological polar surface area (TPSA) is 63.4 Å². The summed E-state index contributed by atoms with van der Waals surface area (Å²) < 4.78 is 0. The van der Waals surface area contributed by atoms with E-state index in [1.807, 2.05) is 6.92 Å². The van der Waals surface area contributed by atoms with Gasteiger partial charge in [-0.05, 0) is 12.8 Å². The van der Waals surface area contributed by atoms with Gasteiger partial charge < -0.3 is 5.11 Å². The van der Waals surface area contributed by atoms with Crippen molar-refractivity contribution >= 4 is 0 Å². The molecule has 0 aliphatic rings. The van der Waals surface area contributed by atoms with Crippen LogP contribution in [-0.2, 0) is 0 Å². The number of hydrogen-bond acceptors (Lipinski definition) is 3. The van der Waals surface area contributed by atoms with Crippen molar-refractivity contribution in [1.82, 2.24) is 0 Å². The lowest BCUT2D eigenvalue weighted by Crippen LogP contribution is -2.28. The highest BCUT2D eigenvalue weighted by Crippen LogP contribution is 2.19. The summed E-state index contributed by atoms with van der Waals surface area (Å²) in [6.45, 7) is 4.08. The lowest BCUT2D eigenvalue weighted by Gasteiger charge is -2.15. The normalized spacial score (nSPS) is 15.1. The molecule has 0 radical (unpaired) electrons. The van der Waals surface area contributed by atoms with Crippen molar-refractivity contribution in [3.63, 3.8) is 0 Å². The highest BCUT2D eigenvalue weighted by Gasteiger charge is 2.27. The first-order valence-corrected chi connectivity index (χ1v) is 5.45. The molecule has 0 amide bonds. The van der Waals surface area contributed by atoms with Gasteiger partial charge in [-0.3, -0.25) is 10.1 Å². The van der Waals surface area contributed by atoms with E-state index in [1.54, 1.807) is 0 Å². The van der Waals surface area contributed by atoms with Crippen LogP contribution in [0, 0.1) is 16.0 Å². The van der Waals surface area contributed by atoms with Crippen LogP contribution in [-0.4, -0.2) is 16.3 Å². The zero-order valence-corrected chi connectivity index (χ0v) is 9.11. The molecule has 0 aromatic carbocycles. The van der Waals surface area contributed by atoms with Crippen LogP contribution in [0.15, 0.2) is 0 Å². The second-order valence-corrected chi connectivity index (χ2v) is 3.74. The fourth-order valence-electron chi connectivity index (χ4n) is 1.64. The summed E-state index contributed by atoms with van der Waals surface area (Å²) in [6.07, 6.45) is 4.20. The first kappa shape index (κ1) is 13.4. The summed E-state index contributed by atoms with van der Waals surface area (Å²) in [7, 11) is 0. The average Bonchev–Trinajstić information content (AvgIpc) is 2.15. The summed E-state index contributed by atoms with van der Waals surface area (Å²) in [5, 5.41) is 19.7. The summed E-state index contributed by atoms with van der Waals surface area (Å²) >= 11 is 0. The Morgan fingerprint density at radius 2 is 1.86 bits per heavy atom. The smallest absolute Gasteiger partial charge is 0.315 e. The zero-order valence-electron chi connectivity index (χ0n) is 9.11. The molecule has 0 heterocycles. The van der Waals surface area contributed by atoms with E-state index in [4.69, 9.17) is 0 Å². The Hall–Kier alpha value is -0.640. The van der Waals surface area contributed by atoms with Crippen molar-refractivity contribution in [2.75, 3.05) is 0 Å². The number of aliphatic hydroxyl groups is 1. The standard InChI is InChI=1S/C10H21NO3/c1-3-5-6-8-9(7-4-2)10(12)11(13)14/h9-10,12H,3-8H2,1-2H3. The predicted octanol–water partition coefficient (Wildman–Crippen LogP) is 2.58. The van der Waals surface area contributed by atoms with Gasteiger partial charge in [0.1, 0.15) is 0 Å². The third kappa shape index (κ3) is 5.17. The minimum absolute atomic E-state index is 0.165. The SMILES string of the molecule is CCCCCC(CCC)C(O)[N+](=O)[O-]. The van der Waals surface area contributed by atoms with Crippen LogP contribution < -0.4 is 0 Å². The number of aliphatic hydroxyl groups excluding tert-OH is 1.